The van der Waals surface area contributed by atoms with Crippen LogP contribution in [-0.2, 0) is 14.6 Å². The Balaban J connectivity index is 3.84. The first-order valence-electron chi connectivity index (χ1n) is 5.11. The minimum absolute atomic E-state index is 0.104. The Bertz CT molecular complexity index is 223. The molecule has 1 N–H and O–H groups in total. The highest BCUT2D eigenvalue weighted by Gasteiger charge is 2.12. The molecule has 0 aromatic heterocycles. The van der Waals surface area contributed by atoms with Crippen LogP contribution in [0.25, 0.3) is 0 Å². The summed E-state index contributed by atoms with van der Waals surface area (Å²) in [6.45, 7) is 4.24. The topological polar surface area (TPSA) is 63.6 Å². The van der Waals surface area contributed by atoms with E-state index in [1.807, 2.05) is 6.92 Å². The molecular formula is C9H20O4S. The monoisotopic (exact) mass is 224 g/mol. The molecule has 14 heavy (non-hydrogen) atoms. The van der Waals surface area contributed by atoms with Crippen molar-refractivity contribution in [3.05, 3.63) is 0 Å². The fraction of sp³-hybridized carbons (Fsp3) is 1.00. The van der Waals surface area contributed by atoms with E-state index in [1.54, 1.807) is 0 Å². The molecule has 0 radical (unpaired) electrons. The molecule has 0 aliphatic carbocycles. The molecule has 1 unspecified atom stereocenters. The fourth-order valence-electron chi connectivity index (χ4n) is 1.39. The summed E-state index contributed by atoms with van der Waals surface area (Å²) >= 11 is 0. The number of hydrogen-bond acceptors (Lipinski definition) is 3. The van der Waals surface area contributed by atoms with Crippen molar-refractivity contribution >= 4 is 10.4 Å². The van der Waals surface area contributed by atoms with Crippen LogP contribution in [0.2, 0.25) is 0 Å². The van der Waals surface area contributed by atoms with Gasteiger partial charge in [0.1, 0.15) is 0 Å². The molecule has 0 aliphatic heterocycles. The third kappa shape index (κ3) is 8.47. The first-order chi connectivity index (χ1) is 6.49. The van der Waals surface area contributed by atoms with E-state index >= 15 is 0 Å². The van der Waals surface area contributed by atoms with Gasteiger partial charge in [-0.25, -0.2) is 4.18 Å². The summed E-state index contributed by atoms with van der Waals surface area (Å²) in [5, 5.41) is 0. The molecule has 5 heteroatoms. The number of hydrogen-bond donors (Lipinski definition) is 1. The van der Waals surface area contributed by atoms with E-state index in [0.29, 0.717) is 0 Å². The van der Waals surface area contributed by atoms with Gasteiger partial charge < -0.3 is 0 Å². The van der Waals surface area contributed by atoms with E-state index in [-0.39, 0.29) is 12.5 Å². The second-order valence-electron chi connectivity index (χ2n) is 3.51. The highest BCUT2D eigenvalue weighted by molar-refractivity contribution is 7.80. The maximum atomic E-state index is 10.3. The quantitative estimate of drug-likeness (QED) is 0.643. The largest absolute Gasteiger partial charge is 0.397 e. The van der Waals surface area contributed by atoms with Crippen LogP contribution in [0.4, 0.5) is 0 Å². The van der Waals surface area contributed by atoms with Crippen LogP contribution >= 0.6 is 0 Å². The summed E-state index contributed by atoms with van der Waals surface area (Å²) in [4.78, 5) is 0. The molecule has 0 aromatic carbocycles. The normalized spacial score (nSPS) is 14.2. The predicted octanol–water partition coefficient (Wildman–Crippen LogP) is 2.41. The predicted molar refractivity (Wildman–Crippen MR) is 55.4 cm³/mol. The lowest BCUT2D eigenvalue weighted by Gasteiger charge is -2.13. The highest BCUT2D eigenvalue weighted by Crippen LogP contribution is 2.15. The van der Waals surface area contributed by atoms with E-state index in [1.165, 1.54) is 0 Å². The van der Waals surface area contributed by atoms with Crippen molar-refractivity contribution in [3.8, 4) is 0 Å². The van der Waals surface area contributed by atoms with Crippen molar-refractivity contribution in [1.82, 2.24) is 0 Å². The van der Waals surface area contributed by atoms with E-state index in [2.05, 4.69) is 11.1 Å². The van der Waals surface area contributed by atoms with E-state index in [9.17, 15) is 8.42 Å². The van der Waals surface area contributed by atoms with Crippen LogP contribution in [0.5, 0.6) is 0 Å². The molecule has 0 heterocycles. The van der Waals surface area contributed by atoms with E-state index in [4.69, 9.17) is 4.55 Å². The van der Waals surface area contributed by atoms with Crippen LogP contribution in [0.3, 0.4) is 0 Å². The molecular weight excluding hydrogens is 204 g/mol. The van der Waals surface area contributed by atoms with Gasteiger partial charge in [-0.1, -0.05) is 33.1 Å². The zero-order valence-electron chi connectivity index (χ0n) is 8.90. The fourth-order valence-corrected chi connectivity index (χ4v) is 1.76. The molecule has 0 fully saturated rings. The second kappa shape index (κ2) is 7.20. The lowest BCUT2D eigenvalue weighted by Crippen LogP contribution is -2.13. The second-order valence-corrected chi connectivity index (χ2v) is 4.60. The molecule has 0 amide bonds. The molecule has 0 aliphatic rings. The Morgan fingerprint density at radius 2 is 1.86 bits per heavy atom. The van der Waals surface area contributed by atoms with Crippen LogP contribution in [0, 0.1) is 5.92 Å². The van der Waals surface area contributed by atoms with Gasteiger partial charge in [0, 0.05) is 0 Å². The third-order valence-electron chi connectivity index (χ3n) is 2.12. The van der Waals surface area contributed by atoms with Crippen LogP contribution in [-0.4, -0.2) is 19.6 Å². The Morgan fingerprint density at radius 1 is 1.21 bits per heavy atom. The summed E-state index contributed by atoms with van der Waals surface area (Å²) in [6.07, 6.45) is 5.06. The minimum Gasteiger partial charge on any atom is -0.264 e. The van der Waals surface area contributed by atoms with Gasteiger partial charge in [0.25, 0.3) is 0 Å². The first-order valence-corrected chi connectivity index (χ1v) is 6.48. The molecule has 0 aromatic rings. The lowest BCUT2D eigenvalue weighted by molar-refractivity contribution is 0.207. The molecule has 0 bridgehead atoms. The first kappa shape index (κ1) is 13.9. The maximum Gasteiger partial charge on any atom is 0.397 e. The van der Waals surface area contributed by atoms with Crippen LogP contribution in [0.15, 0.2) is 0 Å². The highest BCUT2D eigenvalue weighted by atomic mass is 32.3. The van der Waals surface area contributed by atoms with Crippen molar-refractivity contribution in [2.75, 3.05) is 6.61 Å². The Morgan fingerprint density at radius 3 is 2.29 bits per heavy atom. The van der Waals surface area contributed by atoms with Crippen molar-refractivity contribution in [1.29, 1.82) is 0 Å². The van der Waals surface area contributed by atoms with Crippen molar-refractivity contribution < 1.29 is 17.2 Å². The van der Waals surface area contributed by atoms with Gasteiger partial charge in [-0.05, 0) is 18.8 Å². The van der Waals surface area contributed by atoms with Gasteiger partial charge in [-0.2, -0.15) is 8.42 Å². The number of rotatable bonds is 8. The van der Waals surface area contributed by atoms with Crippen molar-refractivity contribution in [3.63, 3.8) is 0 Å². The average Bonchev–Trinajstić information content (AvgIpc) is 2.08. The van der Waals surface area contributed by atoms with Gasteiger partial charge in [0.15, 0.2) is 0 Å². The van der Waals surface area contributed by atoms with Gasteiger partial charge >= 0.3 is 10.4 Å². The minimum atomic E-state index is -4.26. The van der Waals surface area contributed by atoms with Gasteiger partial charge in [0.05, 0.1) is 6.61 Å². The van der Waals surface area contributed by atoms with Crippen LogP contribution < -0.4 is 0 Å². The summed E-state index contributed by atoms with van der Waals surface area (Å²) in [6, 6.07) is 0. The Labute approximate surface area is 86.6 Å². The third-order valence-corrected chi connectivity index (χ3v) is 2.55. The number of unbranched alkanes of at least 4 members (excludes halogenated alkanes) is 1. The molecule has 0 spiro atoms. The van der Waals surface area contributed by atoms with Gasteiger partial charge in [0.2, 0.25) is 0 Å². The molecule has 4 nitrogen and oxygen atoms in total. The van der Waals surface area contributed by atoms with Crippen molar-refractivity contribution in [2.45, 2.75) is 46.0 Å². The van der Waals surface area contributed by atoms with Gasteiger partial charge in [-0.15, -0.1) is 0 Å². The zero-order valence-corrected chi connectivity index (χ0v) is 9.72. The smallest absolute Gasteiger partial charge is 0.264 e. The lowest BCUT2D eigenvalue weighted by atomic mass is 9.98. The summed E-state index contributed by atoms with van der Waals surface area (Å²) in [5.74, 6) is 0.238. The Hall–Kier alpha value is -0.130. The summed E-state index contributed by atoms with van der Waals surface area (Å²) in [5.41, 5.74) is 0. The summed E-state index contributed by atoms with van der Waals surface area (Å²) in [7, 11) is -4.26. The SMILES string of the molecule is CCCCC(CCC)COS(=O)(=O)O. The van der Waals surface area contributed by atoms with Crippen molar-refractivity contribution in [2.24, 2.45) is 5.92 Å². The molecule has 0 rings (SSSR count). The maximum absolute atomic E-state index is 10.3. The summed E-state index contributed by atoms with van der Waals surface area (Å²) < 4.78 is 33.5. The molecule has 1 atom stereocenters. The van der Waals surface area contributed by atoms with E-state index < -0.39 is 10.4 Å². The molecule has 0 saturated carbocycles. The Kier molecular flexibility index (Phi) is 7.13. The van der Waals surface area contributed by atoms with E-state index in [0.717, 1.165) is 32.1 Å². The standard InChI is InChI=1S/C9H20O4S/c1-3-5-7-9(6-4-2)8-13-14(10,11)12/h9H,3-8H2,1-2H3,(H,10,11,12). The molecule has 86 valence electrons. The zero-order chi connectivity index (χ0) is 11.0. The molecule has 0 saturated heterocycles. The average molecular weight is 224 g/mol. The van der Waals surface area contributed by atoms with Gasteiger partial charge in [-0.3, -0.25) is 4.55 Å². The van der Waals surface area contributed by atoms with Crippen LogP contribution in [0.1, 0.15) is 46.0 Å².